The summed E-state index contributed by atoms with van der Waals surface area (Å²) in [5.41, 5.74) is 2.69. The van der Waals surface area contributed by atoms with Crippen molar-refractivity contribution in [3.8, 4) is 5.75 Å². The average Bonchev–Trinajstić information content (AvgIpc) is 2.68. The molecule has 0 saturated carbocycles. The molecule has 0 heterocycles. The Morgan fingerprint density at radius 1 is 0.889 bits per heavy atom. The minimum absolute atomic E-state index is 0.0455. The van der Waals surface area contributed by atoms with Gasteiger partial charge in [0.25, 0.3) is 0 Å². The third-order valence-corrected chi connectivity index (χ3v) is 4.03. The van der Waals surface area contributed by atoms with Gasteiger partial charge in [0.15, 0.2) is 0 Å². The van der Waals surface area contributed by atoms with E-state index in [1.54, 1.807) is 14.2 Å². The molecule has 2 amide bonds. The lowest BCUT2D eigenvalue weighted by molar-refractivity contribution is -0.120. The number of anilines is 1. The van der Waals surface area contributed by atoms with E-state index in [2.05, 4.69) is 10.6 Å². The molecule has 2 aromatic carbocycles. The van der Waals surface area contributed by atoms with Gasteiger partial charge < -0.3 is 20.1 Å². The van der Waals surface area contributed by atoms with Gasteiger partial charge in [-0.15, -0.1) is 0 Å². The number of ether oxygens (including phenoxy) is 2. The molecule has 0 aliphatic rings. The van der Waals surface area contributed by atoms with Crippen LogP contribution in [0.1, 0.15) is 17.5 Å². The van der Waals surface area contributed by atoms with Crippen LogP contribution in [0.15, 0.2) is 48.5 Å². The predicted molar refractivity (Wildman–Crippen MR) is 105 cm³/mol. The predicted octanol–water partition coefficient (Wildman–Crippen LogP) is 2.57. The van der Waals surface area contributed by atoms with Crippen molar-refractivity contribution in [3.05, 3.63) is 59.7 Å². The van der Waals surface area contributed by atoms with Crippen LogP contribution < -0.4 is 15.4 Å². The largest absolute Gasteiger partial charge is 0.497 e. The molecule has 6 heteroatoms. The first-order valence-corrected chi connectivity index (χ1v) is 8.88. The molecule has 27 heavy (non-hydrogen) atoms. The first-order chi connectivity index (χ1) is 13.1. The normalized spacial score (nSPS) is 10.3. The number of benzene rings is 2. The zero-order valence-corrected chi connectivity index (χ0v) is 15.8. The third kappa shape index (κ3) is 7.50. The highest BCUT2D eigenvalue weighted by molar-refractivity contribution is 5.90. The van der Waals surface area contributed by atoms with E-state index >= 15 is 0 Å². The Hall–Kier alpha value is -2.86. The molecule has 0 aromatic heterocycles. The first kappa shape index (κ1) is 20.5. The maximum Gasteiger partial charge on any atom is 0.224 e. The van der Waals surface area contributed by atoms with E-state index in [-0.39, 0.29) is 11.8 Å². The summed E-state index contributed by atoms with van der Waals surface area (Å²) in [6.45, 7) is 0.991. The lowest BCUT2D eigenvalue weighted by atomic mass is 10.1. The lowest BCUT2D eigenvalue weighted by Gasteiger charge is -2.08. The van der Waals surface area contributed by atoms with Gasteiger partial charge in [-0.3, -0.25) is 9.59 Å². The fourth-order valence-electron chi connectivity index (χ4n) is 2.52. The molecule has 0 saturated heterocycles. The molecule has 0 unspecified atom stereocenters. The van der Waals surface area contributed by atoms with Crippen molar-refractivity contribution >= 4 is 17.5 Å². The second kappa shape index (κ2) is 11.0. The Morgan fingerprint density at radius 3 is 2.19 bits per heavy atom. The van der Waals surface area contributed by atoms with E-state index in [9.17, 15) is 9.59 Å². The van der Waals surface area contributed by atoms with Crippen molar-refractivity contribution < 1.29 is 19.1 Å². The SMILES string of the molecule is COCCNC(=O)Cc1ccc(NC(=O)CCc2ccc(OC)cc2)cc1. The fourth-order valence-corrected chi connectivity index (χ4v) is 2.52. The molecule has 0 bridgehead atoms. The number of methoxy groups -OCH3 is 2. The van der Waals surface area contributed by atoms with Gasteiger partial charge in [-0.25, -0.2) is 0 Å². The first-order valence-electron chi connectivity index (χ1n) is 8.88. The summed E-state index contributed by atoms with van der Waals surface area (Å²) in [6.07, 6.45) is 1.36. The summed E-state index contributed by atoms with van der Waals surface area (Å²) in [5, 5.41) is 5.65. The van der Waals surface area contributed by atoms with Gasteiger partial charge in [-0.2, -0.15) is 0 Å². The van der Waals surface area contributed by atoms with Gasteiger partial charge in [-0.1, -0.05) is 24.3 Å². The van der Waals surface area contributed by atoms with Crippen molar-refractivity contribution in [1.29, 1.82) is 0 Å². The van der Waals surface area contributed by atoms with Crippen molar-refractivity contribution in [3.63, 3.8) is 0 Å². The molecule has 2 aromatic rings. The minimum atomic E-state index is -0.0525. The number of aryl methyl sites for hydroxylation is 1. The molecule has 0 aliphatic carbocycles. The summed E-state index contributed by atoms with van der Waals surface area (Å²) in [7, 11) is 3.22. The Bertz CT molecular complexity index is 727. The van der Waals surface area contributed by atoms with Gasteiger partial charge in [0.05, 0.1) is 20.1 Å². The van der Waals surface area contributed by atoms with Crippen LogP contribution >= 0.6 is 0 Å². The van der Waals surface area contributed by atoms with E-state index in [0.29, 0.717) is 32.4 Å². The van der Waals surface area contributed by atoms with Crippen molar-refractivity contribution in [1.82, 2.24) is 5.32 Å². The molecule has 2 rings (SSSR count). The molecule has 6 nitrogen and oxygen atoms in total. The maximum atomic E-state index is 12.1. The quantitative estimate of drug-likeness (QED) is 0.630. The molecule has 0 atom stereocenters. The molecule has 0 fully saturated rings. The molecule has 2 N–H and O–H groups in total. The maximum absolute atomic E-state index is 12.1. The topological polar surface area (TPSA) is 76.7 Å². The molecule has 144 valence electrons. The number of carbonyl (C=O) groups is 2. The monoisotopic (exact) mass is 370 g/mol. The van der Waals surface area contributed by atoms with Crippen LogP contribution in [0.2, 0.25) is 0 Å². The Balaban J connectivity index is 1.76. The van der Waals surface area contributed by atoms with Gasteiger partial charge in [0.2, 0.25) is 11.8 Å². The second-order valence-corrected chi connectivity index (χ2v) is 6.11. The average molecular weight is 370 g/mol. The van der Waals surface area contributed by atoms with Gasteiger partial charge >= 0.3 is 0 Å². The minimum Gasteiger partial charge on any atom is -0.497 e. The van der Waals surface area contributed by atoms with Crippen LogP contribution in [-0.4, -0.2) is 39.2 Å². The van der Waals surface area contributed by atoms with Crippen LogP contribution in [0, 0.1) is 0 Å². The zero-order chi connectivity index (χ0) is 19.5. The summed E-state index contributed by atoms with van der Waals surface area (Å²) < 4.78 is 10.0. The van der Waals surface area contributed by atoms with Gasteiger partial charge in [0, 0.05) is 25.8 Å². The van der Waals surface area contributed by atoms with Crippen LogP contribution in [0.25, 0.3) is 0 Å². The Labute approximate surface area is 159 Å². The highest BCUT2D eigenvalue weighted by atomic mass is 16.5. The summed E-state index contributed by atoms with van der Waals surface area (Å²) in [5.74, 6) is 0.704. The highest BCUT2D eigenvalue weighted by Gasteiger charge is 2.06. The van der Waals surface area contributed by atoms with E-state index in [4.69, 9.17) is 9.47 Å². The molecular weight excluding hydrogens is 344 g/mol. The molecule has 0 aliphatic heterocycles. The number of nitrogens with one attached hydrogen (secondary N) is 2. The number of hydrogen-bond donors (Lipinski definition) is 2. The van der Waals surface area contributed by atoms with Crippen LogP contribution in [0.5, 0.6) is 5.75 Å². The van der Waals surface area contributed by atoms with Crippen LogP contribution in [0.4, 0.5) is 5.69 Å². The molecular formula is C21H26N2O4. The summed E-state index contributed by atoms with van der Waals surface area (Å²) >= 11 is 0. The van der Waals surface area contributed by atoms with E-state index in [0.717, 1.165) is 22.6 Å². The smallest absolute Gasteiger partial charge is 0.224 e. The summed E-state index contributed by atoms with van der Waals surface area (Å²) in [4.78, 5) is 23.9. The highest BCUT2D eigenvalue weighted by Crippen LogP contribution is 2.14. The Kier molecular flexibility index (Phi) is 8.32. The summed E-state index contributed by atoms with van der Waals surface area (Å²) in [6, 6.07) is 15.0. The Morgan fingerprint density at radius 2 is 1.56 bits per heavy atom. The zero-order valence-electron chi connectivity index (χ0n) is 15.8. The standard InChI is InChI=1S/C21H26N2O4/c1-26-14-13-22-21(25)15-17-3-8-18(9-4-17)23-20(24)12-7-16-5-10-19(27-2)11-6-16/h3-6,8-11H,7,12-15H2,1-2H3,(H,22,25)(H,23,24). The van der Waals surface area contributed by atoms with Crippen molar-refractivity contribution in [2.24, 2.45) is 0 Å². The molecule has 0 spiro atoms. The van der Waals surface area contributed by atoms with Crippen molar-refractivity contribution in [2.45, 2.75) is 19.3 Å². The van der Waals surface area contributed by atoms with Gasteiger partial charge in [0.1, 0.15) is 5.75 Å². The van der Waals surface area contributed by atoms with Gasteiger partial charge in [-0.05, 0) is 41.8 Å². The van der Waals surface area contributed by atoms with Crippen molar-refractivity contribution in [2.75, 3.05) is 32.7 Å². The third-order valence-electron chi connectivity index (χ3n) is 4.03. The number of rotatable bonds is 10. The second-order valence-electron chi connectivity index (χ2n) is 6.11. The fraction of sp³-hybridized carbons (Fsp3) is 0.333. The lowest BCUT2D eigenvalue weighted by Crippen LogP contribution is -2.28. The molecule has 0 radical (unpaired) electrons. The van der Waals surface area contributed by atoms with Crippen LogP contribution in [-0.2, 0) is 27.2 Å². The van der Waals surface area contributed by atoms with Crippen LogP contribution in [0.3, 0.4) is 0 Å². The van der Waals surface area contributed by atoms with E-state index in [1.165, 1.54) is 0 Å². The number of hydrogen-bond acceptors (Lipinski definition) is 4. The number of amides is 2. The van der Waals surface area contributed by atoms with E-state index in [1.807, 2.05) is 48.5 Å². The van der Waals surface area contributed by atoms with E-state index < -0.39 is 0 Å². The number of carbonyl (C=O) groups excluding carboxylic acids is 2.